The number of hydrogen-bond acceptors (Lipinski definition) is 2. The number of methoxy groups -OCH3 is 1. The summed E-state index contributed by atoms with van der Waals surface area (Å²) in [6.45, 7) is 2.16. The third-order valence-corrected chi connectivity index (χ3v) is 4.55. The van der Waals surface area contributed by atoms with Crippen molar-refractivity contribution >= 4 is 29.1 Å². The highest BCUT2D eigenvalue weighted by atomic mass is 35.5. The van der Waals surface area contributed by atoms with Crippen LogP contribution in [-0.4, -0.2) is 29.6 Å². The third kappa shape index (κ3) is 2.84. The number of phenolic OH excluding ortho intramolecular Hbond substituents is 1. The van der Waals surface area contributed by atoms with Crippen molar-refractivity contribution in [2.24, 2.45) is 0 Å². The van der Waals surface area contributed by atoms with Gasteiger partial charge in [-0.3, -0.25) is 0 Å². The summed E-state index contributed by atoms with van der Waals surface area (Å²) in [6.07, 6.45) is 3.96. The Bertz CT molecular complexity index is 824. The Labute approximate surface area is 141 Å². The molecular weight excluding hydrogens is 310 g/mol. The highest BCUT2D eigenvalue weighted by Gasteiger charge is 2.32. The summed E-state index contributed by atoms with van der Waals surface area (Å²) in [5, 5.41) is 10.8. The average Bonchev–Trinajstić information content (AvgIpc) is 2.77. The summed E-state index contributed by atoms with van der Waals surface area (Å²) >= 11 is 6.12. The van der Waals surface area contributed by atoms with Crippen molar-refractivity contribution in [3.8, 4) is 11.5 Å². The molecule has 0 bridgehead atoms. The maximum absolute atomic E-state index is 10.1. The molecule has 1 aliphatic rings. The first kappa shape index (κ1) is 15.6. The van der Waals surface area contributed by atoms with Gasteiger partial charge in [-0.15, -0.1) is 0 Å². The number of rotatable bonds is 3. The van der Waals surface area contributed by atoms with Gasteiger partial charge in [-0.25, -0.2) is 0 Å². The quantitative estimate of drug-likeness (QED) is 0.835. The summed E-state index contributed by atoms with van der Waals surface area (Å²) in [5.41, 5.74) is 4.31. The minimum atomic E-state index is 0.204. The van der Waals surface area contributed by atoms with Crippen molar-refractivity contribution in [1.82, 2.24) is 0 Å². The molecule has 118 valence electrons. The zero-order valence-electron chi connectivity index (χ0n) is 13.4. The van der Waals surface area contributed by atoms with Crippen LogP contribution in [0.15, 0.2) is 42.5 Å². The fourth-order valence-corrected chi connectivity index (χ4v) is 3.17. The predicted molar refractivity (Wildman–Crippen MR) is 94.4 cm³/mol. The molecule has 0 amide bonds. The highest BCUT2D eigenvalue weighted by molar-refractivity contribution is 6.30. The van der Waals surface area contributed by atoms with E-state index in [1.807, 2.05) is 49.5 Å². The summed E-state index contributed by atoms with van der Waals surface area (Å²) < 4.78 is 7.27. The van der Waals surface area contributed by atoms with Gasteiger partial charge in [-0.1, -0.05) is 11.6 Å². The molecule has 0 saturated heterocycles. The Balaban J connectivity index is 1.93. The zero-order chi connectivity index (χ0) is 16.6. The van der Waals surface area contributed by atoms with Gasteiger partial charge >= 0.3 is 0 Å². The number of aromatic hydroxyl groups is 1. The van der Waals surface area contributed by atoms with Gasteiger partial charge in [0.05, 0.1) is 13.0 Å². The van der Waals surface area contributed by atoms with Crippen LogP contribution in [0, 0.1) is 0 Å². The van der Waals surface area contributed by atoms with Gasteiger partial charge < -0.3 is 9.84 Å². The topological polar surface area (TPSA) is 32.5 Å². The predicted octanol–water partition coefficient (Wildman–Crippen LogP) is 4.60. The van der Waals surface area contributed by atoms with Gasteiger partial charge in [0.2, 0.25) is 5.69 Å². The van der Waals surface area contributed by atoms with Gasteiger partial charge in [-0.2, -0.15) is 4.58 Å². The molecule has 0 saturated carbocycles. The molecule has 1 atom stereocenters. The molecule has 1 unspecified atom stereocenters. The molecule has 0 fully saturated rings. The van der Waals surface area contributed by atoms with Crippen molar-refractivity contribution < 1.29 is 14.4 Å². The van der Waals surface area contributed by atoms with Crippen LogP contribution < -0.4 is 4.74 Å². The summed E-state index contributed by atoms with van der Waals surface area (Å²) in [7, 11) is 3.63. The lowest BCUT2D eigenvalue weighted by molar-refractivity contribution is -0.401. The van der Waals surface area contributed by atoms with Gasteiger partial charge in [0, 0.05) is 34.4 Å². The van der Waals surface area contributed by atoms with Gasteiger partial charge in [0.15, 0.2) is 5.71 Å². The van der Waals surface area contributed by atoms with E-state index in [1.54, 1.807) is 13.2 Å². The molecule has 3 nitrogen and oxygen atoms in total. The normalized spacial score (nSPS) is 17.0. The maximum atomic E-state index is 10.1. The van der Waals surface area contributed by atoms with E-state index in [1.165, 1.54) is 11.3 Å². The number of halogens is 1. The lowest BCUT2D eigenvalue weighted by atomic mass is 9.97. The van der Waals surface area contributed by atoms with E-state index < -0.39 is 0 Å². The fourth-order valence-electron chi connectivity index (χ4n) is 2.99. The van der Waals surface area contributed by atoms with Crippen LogP contribution in [0.2, 0.25) is 5.02 Å². The molecule has 3 rings (SSSR count). The molecule has 0 aliphatic carbocycles. The van der Waals surface area contributed by atoms with Crippen molar-refractivity contribution in [3.63, 3.8) is 0 Å². The molecule has 2 aromatic rings. The van der Waals surface area contributed by atoms with Crippen LogP contribution in [0.1, 0.15) is 24.0 Å². The molecule has 4 heteroatoms. The van der Waals surface area contributed by atoms with Crippen LogP contribution >= 0.6 is 11.6 Å². The Kier molecular flexibility index (Phi) is 4.14. The van der Waals surface area contributed by atoms with Crippen LogP contribution in [0.5, 0.6) is 11.5 Å². The van der Waals surface area contributed by atoms with Crippen molar-refractivity contribution in [2.75, 3.05) is 14.2 Å². The Morgan fingerprint density at radius 3 is 2.65 bits per heavy atom. The number of allylic oxidation sites excluding steroid dienone is 1. The monoisotopic (exact) mass is 328 g/mol. The molecule has 1 heterocycles. The minimum Gasteiger partial charge on any atom is -0.507 e. The number of fused-ring (bicyclic) bond motifs is 1. The van der Waals surface area contributed by atoms with Crippen molar-refractivity contribution in [1.29, 1.82) is 0 Å². The Hall–Kier alpha value is -2.26. The molecule has 0 radical (unpaired) electrons. The van der Waals surface area contributed by atoms with Crippen molar-refractivity contribution in [2.45, 2.75) is 12.8 Å². The number of nitrogens with zero attached hydrogens (tertiary/aromatic N) is 1. The molecule has 0 aromatic heterocycles. The molecule has 0 spiro atoms. The van der Waals surface area contributed by atoms with Gasteiger partial charge in [-0.05, 0) is 37.3 Å². The number of phenols is 1. The zero-order valence-corrected chi connectivity index (χ0v) is 14.1. The number of hydrogen-bond donors (Lipinski definition) is 1. The number of ether oxygens (including phenoxy) is 1. The third-order valence-electron chi connectivity index (χ3n) is 4.32. The Morgan fingerprint density at radius 2 is 1.96 bits per heavy atom. The van der Waals surface area contributed by atoms with Gasteiger partial charge in [0.1, 0.15) is 18.5 Å². The van der Waals surface area contributed by atoms with E-state index in [2.05, 4.69) is 11.5 Å². The van der Waals surface area contributed by atoms with Crippen LogP contribution in [0.3, 0.4) is 0 Å². The second-order valence-electron chi connectivity index (χ2n) is 5.67. The van der Waals surface area contributed by atoms with Crippen LogP contribution in [0.25, 0.3) is 6.08 Å². The molecule has 1 N–H and O–H groups in total. The fraction of sp³-hybridized carbons (Fsp3) is 0.211. The second kappa shape index (κ2) is 6.09. The summed E-state index contributed by atoms with van der Waals surface area (Å²) in [5.74, 6) is 1.10. The van der Waals surface area contributed by atoms with E-state index in [9.17, 15) is 5.11 Å². The summed E-state index contributed by atoms with van der Waals surface area (Å²) in [6, 6.07) is 11.3. The molecule has 1 aliphatic heterocycles. The largest absolute Gasteiger partial charge is 0.507 e. The van der Waals surface area contributed by atoms with E-state index >= 15 is 0 Å². The van der Waals surface area contributed by atoms with E-state index in [-0.39, 0.29) is 11.7 Å². The first-order chi connectivity index (χ1) is 11.0. The minimum absolute atomic E-state index is 0.204. The van der Waals surface area contributed by atoms with Crippen LogP contribution in [-0.2, 0) is 0 Å². The maximum Gasteiger partial charge on any atom is 0.209 e. The second-order valence-corrected chi connectivity index (χ2v) is 6.10. The standard InChI is InChI=1S/C19H18ClNO2/c1-12-16-10-14(20)6-9-18(16)21(2)17(12)8-5-13-4-7-15(23-3)11-19(13)22/h4-12H,1-3H3/p+1. The molecule has 2 aromatic carbocycles. The number of benzene rings is 2. The SMILES string of the molecule is COc1ccc(/C=C/C2=[N+](C)c3ccc(Cl)cc3C2C)c(O)c1. The smallest absolute Gasteiger partial charge is 0.209 e. The molecular formula is C19H19ClNO2+. The van der Waals surface area contributed by atoms with Crippen molar-refractivity contribution in [3.05, 3.63) is 58.6 Å². The molecule has 23 heavy (non-hydrogen) atoms. The van der Waals surface area contributed by atoms with Crippen LogP contribution in [0.4, 0.5) is 5.69 Å². The highest BCUT2D eigenvalue weighted by Crippen LogP contribution is 2.36. The summed E-state index contributed by atoms with van der Waals surface area (Å²) in [4.78, 5) is 0. The van der Waals surface area contributed by atoms with E-state index in [0.29, 0.717) is 5.75 Å². The average molecular weight is 329 g/mol. The lowest BCUT2D eigenvalue weighted by Crippen LogP contribution is -2.08. The lowest BCUT2D eigenvalue weighted by Gasteiger charge is -2.03. The van der Waals surface area contributed by atoms with E-state index in [4.69, 9.17) is 16.3 Å². The first-order valence-electron chi connectivity index (χ1n) is 7.46. The Morgan fingerprint density at radius 1 is 1.17 bits per heavy atom. The first-order valence-corrected chi connectivity index (χ1v) is 7.84. The van der Waals surface area contributed by atoms with E-state index in [0.717, 1.165) is 16.3 Å². The van der Waals surface area contributed by atoms with Gasteiger partial charge in [0.25, 0.3) is 0 Å².